The van der Waals surface area contributed by atoms with Gasteiger partial charge in [-0.25, -0.2) is 4.98 Å². The maximum absolute atomic E-state index is 5.80. The minimum absolute atomic E-state index is 0.603. The SMILES string of the molecule is CC(C)Cc1nc2cc(N)c(Br)cc2[nH]1. The van der Waals surface area contributed by atoms with Gasteiger partial charge in [0.1, 0.15) is 5.82 Å². The van der Waals surface area contributed by atoms with Crippen LogP contribution in [0.4, 0.5) is 5.69 Å². The third kappa shape index (κ3) is 2.15. The van der Waals surface area contributed by atoms with E-state index in [0.29, 0.717) is 5.92 Å². The first kappa shape index (κ1) is 10.5. The highest BCUT2D eigenvalue weighted by molar-refractivity contribution is 9.10. The van der Waals surface area contributed by atoms with Gasteiger partial charge in [-0.2, -0.15) is 0 Å². The van der Waals surface area contributed by atoms with Crippen molar-refractivity contribution in [1.29, 1.82) is 0 Å². The number of nitrogens with zero attached hydrogens (tertiary/aromatic N) is 1. The van der Waals surface area contributed by atoms with Gasteiger partial charge in [-0.1, -0.05) is 13.8 Å². The fourth-order valence-electron chi connectivity index (χ4n) is 1.58. The summed E-state index contributed by atoms with van der Waals surface area (Å²) in [6.07, 6.45) is 0.964. The normalized spacial score (nSPS) is 11.5. The number of nitrogens with two attached hydrogens (primary N) is 1. The van der Waals surface area contributed by atoms with E-state index in [0.717, 1.165) is 33.4 Å². The second kappa shape index (κ2) is 3.85. The van der Waals surface area contributed by atoms with Crippen LogP contribution in [0.25, 0.3) is 11.0 Å². The first-order valence-electron chi connectivity index (χ1n) is 5.00. The molecule has 3 N–H and O–H groups in total. The molecule has 1 aromatic heterocycles. The number of imidazole rings is 1. The third-order valence-electron chi connectivity index (χ3n) is 2.25. The summed E-state index contributed by atoms with van der Waals surface area (Å²) in [5.74, 6) is 1.63. The van der Waals surface area contributed by atoms with Crippen molar-refractivity contribution < 1.29 is 0 Å². The predicted octanol–water partition coefficient (Wildman–Crippen LogP) is 3.11. The van der Waals surface area contributed by atoms with E-state index >= 15 is 0 Å². The number of aromatic nitrogens is 2. The lowest BCUT2D eigenvalue weighted by Crippen LogP contribution is -1.95. The topological polar surface area (TPSA) is 54.7 Å². The number of anilines is 1. The molecular weight excluding hydrogens is 254 g/mol. The first-order chi connectivity index (χ1) is 7.06. The molecule has 0 saturated carbocycles. The van der Waals surface area contributed by atoms with Gasteiger partial charge in [-0.15, -0.1) is 0 Å². The Balaban J connectivity index is 2.47. The van der Waals surface area contributed by atoms with E-state index in [4.69, 9.17) is 5.73 Å². The molecule has 2 aromatic rings. The number of halogens is 1. The molecule has 0 saturated heterocycles. The van der Waals surface area contributed by atoms with Crippen molar-refractivity contribution in [2.75, 3.05) is 5.73 Å². The van der Waals surface area contributed by atoms with Gasteiger partial charge in [0, 0.05) is 16.6 Å². The third-order valence-corrected chi connectivity index (χ3v) is 2.94. The van der Waals surface area contributed by atoms with Crippen molar-refractivity contribution in [2.45, 2.75) is 20.3 Å². The van der Waals surface area contributed by atoms with Gasteiger partial charge < -0.3 is 10.7 Å². The summed E-state index contributed by atoms with van der Waals surface area (Å²) >= 11 is 3.40. The zero-order chi connectivity index (χ0) is 11.0. The monoisotopic (exact) mass is 267 g/mol. The predicted molar refractivity (Wildman–Crippen MR) is 66.7 cm³/mol. The van der Waals surface area contributed by atoms with Crippen LogP contribution >= 0.6 is 15.9 Å². The Morgan fingerprint density at radius 2 is 2.20 bits per heavy atom. The van der Waals surface area contributed by atoms with Crippen LogP contribution in [-0.4, -0.2) is 9.97 Å². The summed E-state index contributed by atoms with van der Waals surface area (Å²) in [4.78, 5) is 7.80. The van der Waals surface area contributed by atoms with Gasteiger partial charge in [-0.3, -0.25) is 0 Å². The van der Waals surface area contributed by atoms with E-state index in [-0.39, 0.29) is 0 Å². The molecule has 0 atom stereocenters. The second-order valence-corrected chi connectivity index (χ2v) is 5.03. The van der Waals surface area contributed by atoms with Crippen LogP contribution in [0.3, 0.4) is 0 Å². The van der Waals surface area contributed by atoms with Crippen LogP contribution in [0.1, 0.15) is 19.7 Å². The van der Waals surface area contributed by atoms with Gasteiger partial charge in [0.15, 0.2) is 0 Å². The molecule has 0 fully saturated rings. The number of hydrogen-bond donors (Lipinski definition) is 2. The van der Waals surface area contributed by atoms with Gasteiger partial charge in [0.05, 0.1) is 11.0 Å². The number of H-pyrrole nitrogens is 1. The van der Waals surface area contributed by atoms with Crippen molar-refractivity contribution in [3.05, 3.63) is 22.4 Å². The van der Waals surface area contributed by atoms with E-state index in [1.165, 1.54) is 0 Å². The second-order valence-electron chi connectivity index (χ2n) is 4.17. The number of benzene rings is 1. The zero-order valence-electron chi connectivity index (χ0n) is 8.84. The Kier molecular flexibility index (Phi) is 2.69. The quantitative estimate of drug-likeness (QED) is 0.822. The maximum Gasteiger partial charge on any atom is 0.107 e. The summed E-state index contributed by atoms with van der Waals surface area (Å²) in [5, 5.41) is 0. The van der Waals surface area contributed by atoms with Crippen molar-refractivity contribution in [3.8, 4) is 0 Å². The molecule has 80 valence electrons. The fourth-order valence-corrected chi connectivity index (χ4v) is 1.93. The van der Waals surface area contributed by atoms with E-state index in [1.54, 1.807) is 0 Å². The molecule has 3 nitrogen and oxygen atoms in total. The van der Waals surface area contributed by atoms with E-state index in [2.05, 4.69) is 39.7 Å². The number of nitrogen functional groups attached to an aromatic ring is 1. The number of nitrogens with one attached hydrogen (secondary N) is 1. The summed E-state index contributed by atoms with van der Waals surface area (Å²) in [6, 6.07) is 3.86. The molecule has 0 spiro atoms. The Hall–Kier alpha value is -1.03. The van der Waals surface area contributed by atoms with Crippen LogP contribution < -0.4 is 5.73 Å². The number of fused-ring (bicyclic) bond motifs is 1. The molecule has 0 unspecified atom stereocenters. The zero-order valence-corrected chi connectivity index (χ0v) is 10.4. The highest BCUT2D eigenvalue weighted by Crippen LogP contribution is 2.25. The Morgan fingerprint density at radius 3 is 2.87 bits per heavy atom. The standard InChI is InChI=1S/C11H14BrN3/c1-6(2)3-11-14-9-4-7(12)8(13)5-10(9)15-11/h4-6H,3,13H2,1-2H3,(H,14,15). The average Bonchev–Trinajstić information content (AvgIpc) is 2.46. The first-order valence-corrected chi connectivity index (χ1v) is 5.79. The summed E-state index contributed by atoms with van der Waals surface area (Å²) in [6.45, 7) is 4.36. The van der Waals surface area contributed by atoms with Gasteiger partial charge in [0.25, 0.3) is 0 Å². The molecule has 15 heavy (non-hydrogen) atoms. The average molecular weight is 268 g/mol. The van der Waals surface area contributed by atoms with Crippen LogP contribution in [0.5, 0.6) is 0 Å². The van der Waals surface area contributed by atoms with Crippen molar-refractivity contribution >= 4 is 32.7 Å². The molecule has 0 amide bonds. The largest absolute Gasteiger partial charge is 0.398 e. The van der Waals surface area contributed by atoms with Crippen molar-refractivity contribution in [3.63, 3.8) is 0 Å². The van der Waals surface area contributed by atoms with Crippen molar-refractivity contribution in [2.24, 2.45) is 5.92 Å². The van der Waals surface area contributed by atoms with Crippen LogP contribution in [0, 0.1) is 5.92 Å². The lowest BCUT2D eigenvalue weighted by atomic mass is 10.1. The summed E-state index contributed by atoms with van der Waals surface area (Å²) < 4.78 is 0.912. The molecular formula is C11H14BrN3. The molecule has 1 heterocycles. The Bertz CT molecular complexity index is 449. The summed E-state index contributed by atoms with van der Waals surface area (Å²) in [7, 11) is 0. The Morgan fingerprint density at radius 1 is 1.47 bits per heavy atom. The minimum atomic E-state index is 0.603. The smallest absolute Gasteiger partial charge is 0.107 e. The Labute approximate surface area is 97.2 Å². The number of hydrogen-bond acceptors (Lipinski definition) is 2. The molecule has 0 radical (unpaired) electrons. The molecule has 0 aliphatic carbocycles. The highest BCUT2D eigenvalue weighted by Gasteiger charge is 2.06. The number of rotatable bonds is 2. The van der Waals surface area contributed by atoms with Gasteiger partial charge in [0.2, 0.25) is 0 Å². The van der Waals surface area contributed by atoms with E-state index in [1.807, 2.05) is 12.1 Å². The molecule has 0 aliphatic heterocycles. The molecule has 0 aliphatic rings. The highest BCUT2D eigenvalue weighted by atomic mass is 79.9. The summed E-state index contributed by atoms with van der Waals surface area (Å²) in [5.41, 5.74) is 8.49. The lowest BCUT2D eigenvalue weighted by molar-refractivity contribution is 0.627. The molecule has 0 bridgehead atoms. The molecule has 2 rings (SSSR count). The molecule has 1 aromatic carbocycles. The molecule has 4 heteroatoms. The number of aromatic amines is 1. The van der Waals surface area contributed by atoms with Crippen LogP contribution in [-0.2, 0) is 6.42 Å². The van der Waals surface area contributed by atoms with Crippen molar-refractivity contribution in [1.82, 2.24) is 9.97 Å². The fraction of sp³-hybridized carbons (Fsp3) is 0.364. The van der Waals surface area contributed by atoms with Gasteiger partial charge in [-0.05, 0) is 34.0 Å². The van der Waals surface area contributed by atoms with Crippen LogP contribution in [0.2, 0.25) is 0 Å². The maximum atomic E-state index is 5.80. The van der Waals surface area contributed by atoms with Gasteiger partial charge >= 0.3 is 0 Å². The lowest BCUT2D eigenvalue weighted by Gasteiger charge is -1.98. The van der Waals surface area contributed by atoms with E-state index < -0.39 is 0 Å². The van der Waals surface area contributed by atoms with E-state index in [9.17, 15) is 0 Å². The van der Waals surface area contributed by atoms with Crippen LogP contribution in [0.15, 0.2) is 16.6 Å². The minimum Gasteiger partial charge on any atom is -0.398 e.